The Hall–Kier alpha value is -4.08. The molecule has 202 valence electrons. The Labute approximate surface area is 239 Å². The predicted molar refractivity (Wildman–Crippen MR) is 160 cm³/mol. The maximum Gasteiger partial charge on any atom is 0.310 e. The molecule has 1 amide bonds. The van der Waals surface area contributed by atoms with Gasteiger partial charge >= 0.3 is 5.97 Å². The van der Waals surface area contributed by atoms with Gasteiger partial charge in [-0.05, 0) is 60.9 Å². The minimum Gasteiger partial charge on any atom is -0.466 e. The molecular formula is C30H26ClN5O3S. The SMILES string of the molecule is CCOC(=O)Cc1c(C)cc2nc(N3CCN=C(c4ccc5c(cnn5C)c4)C3=O)sc2c1-c1ccc(Cl)cc1. The van der Waals surface area contributed by atoms with Crippen LogP contribution in [0.5, 0.6) is 0 Å². The monoisotopic (exact) mass is 571 g/mol. The van der Waals surface area contributed by atoms with Crippen LogP contribution >= 0.6 is 22.9 Å². The number of aromatic nitrogens is 3. The second kappa shape index (κ2) is 10.5. The van der Waals surface area contributed by atoms with Crippen molar-refractivity contribution in [2.45, 2.75) is 20.3 Å². The number of aryl methyl sites for hydroxylation is 2. The standard InChI is InChI=1S/C30H26ClN5O3S/c1-4-39-25(37)15-22-17(2)13-23-28(26(22)18-5-8-21(31)9-6-18)40-30(34-23)36-12-11-32-27(29(36)38)19-7-10-24-20(14-19)16-33-35(24)3/h5-10,13-14,16H,4,11-12,15H2,1-3H3. The van der Waals surface area contributed by atoms with Gasteiger partial charge in [0.25, 0.3) is 5.91 Å². The van der Waals surface area contributed by atoms with E-state index in [1.807, 2.05) is 62.5 Å². The molecular weight excluding hydrogens is 546 g/mol. The van der Waals surface area contributed by atoms with Crippen molar-refractivity contribution in [2.75, 3.05) is 24.6 Å². The van der Waals surface area contributed by atoms with E-state index in [-0.39, 0.29) is 18.3 Å². The number of aliphatic imine (C=N–C) groups is 1. The van der Waals surface area contributed by atoms with Gasteiger partial charge in [0.2, 0.25) is 0 Å². The van der Waals surface area contributed by atoms with Crippen LogP contribution in [-0.4, -0.2) is 52.0 Å². The molecule has 5 aromatic rings. The fraction of sp³-hybridized carbons (Fsp3) is 0.233. The summed E-state index contributed by atoms with van der Waals surface area (Å²) in [5.74, 6) is -0.479. The molecule has 0 spiro atoms. The van der Waals surface area contributed by atoms with Crippen molar-refractivity contribution < 1.29 is 14.3 Å². The largest absolute Gasteiger partial charge is 0.466 e. The first-order valence-electron chi connectivity index (χ1n) is 13.0. The van der Waals surface area contributed by atoms with Gasteiger partial charge in [-0.1, -0.05) is 41.1 Å². The van der Waals surface area contributed by atoms with E-state index in [9.17, 15) is 9.59 Å². The molecule has 0 atom stereocenters. The van der Waals surface area contributed by atoms with E-state index in [4.69, 9.17) is 21.3 Å². The summed E-state index contributed by atoms with van der Waals surface area (Å²) in [6, 6.07) is 15.3. The lowest BCUT2D eigenvalue weighted by Gasteiger charge is -2.24. The van der Waals surface area contributed by atoms with Gasteiger partial charge in [-0.25, -0.2) is 4.98 Å². The Kier molecular flexibility index (Phi) is 6.85. The molecule has 6 rings (SSSR count). The molecule has 10 heteroatoms. The number of nitrogens with zero attached hydrogens (tertiary/aromatic N) is 5. The number of benzene rings is 3. The number of amides is 1. The third-order valence-corrected chi connectivity index (χ3v) is 8.41. The predicted octanol–water partition coefficient (Wildman–Crippen LogP) is 5.75. The molecule has 1 aliphatic rings. The van der Waals surface area contributed by atoms with Crippen LogP contribution in [-0.2, 0) is 27.8 Å². The molecule has 40 heavy (non-hydrogen) atoms. The van der Waals surface area contributed by atoms with Gasteiger partial charge in [-0.15, -0.1) is 0 Å². The van der Waals surface area contributed by atoms with Gasteiger partial charge in [-0.2, -0.15) is 5.10 Å². The number of ether oxygens (including phenoxy) is 1. The number of hydrogen-bond acceptors (Lipinski definition) is 7. The Bertz CT molecular complexity index is 1820. The topological polar surface area (TPSA) is 89.7 Å². The van der Waals surface area contributed by atoms with Crippen molar-refractivity contribution in [3.63, 3.8) is 0 Å². The highest BCUT2D eigenvalue weighted by atomic mass is 35.5. The van der Waals surface area contributed by atoms with E-state index < -0.39 is 0 Å². The first-order chi connectivity index (χ1) is 19.3. The van der Waals surface area contributed by atoms with Crippen molar-refractivity contribution in [1.29, 1.82) is 0 Å². The van der Waals surface area contributed by atoms with E-state index in [0.29, 0.717) is 35.6 Å². The van der Waals surface area contributed by atoms with Gasteiger partial charge in [0.1, 0.15) is 5.71 Å². The molecule has 1 aliphatic heterocycles. The van der Waals surface area contributed by atoms with E-state index in [1.165, 1.54) is 11.3 Å². The second-order valence-corrected chi connectivity index (χ2v) is 11.0. The third-order valence-electron chi connectivity index (χ3n) is 7.05. The average Bonchev–Trinajstić information content (AvgIpc) is 3.53. The zero-order chi connectivity index (χ0) is 28.0. The number of carbonyl (C=O) groups is 2. The first-order valence-corrected chi connectivity index (χ1v) is 14.2. The summed E-state index contributed by atoms with van der Waals surface area (Å²) in [5, 5.41) is 6.47. The van der Waals surface area contributed by atoms with Crippen LogP contribution in [0.2, 0.25) is 5.02 Å². The van der Waals surface area contributed by atoms with Gasteiger partial charge in [0, 0.05) is 35.1 Å². The second-order valence-electron chi connectivity index (χ2n) is 9.61. The Morgan fingerprint density at radius 3 is 2.67 bits per heavy atom. The maximum absolute atomic E-state index is 13.8. The van der Waals surface area contributed by atoms with Crippen LogP contribution in [0.1, 0.15) is 23.6 Å². The highest BCUT2D eigenvalue weighted by Gasteiger charge is 2.29. The summed E-state index contributed by atoms with van der Waals surface area (Å²) in [5.41, 5.74) is 6.55. The Morgan fingerprint density at radius 1 is 1.12 bits per heavy atom. The van der Waals surface area contributed by atoms with Gasteiger partial charge in [0.05, 0.1) is 41.5 Å². The van der Waals surface area contributed by atoms with Gasteiger partial charge in [0.15, 0.2) is 5.13 Å². The molecule has 0 fully saturated rings. The minimum atomic E-state index is -0.289. The van der Waals surface area contributed by atoms with Crippen molar-refractivity contribution in [2.24, 2.45) is 12.0 Å². The van der Waals surface area contributed by atoms with Crippen LogP contribution in [0.25, 0.3) is 32.2 Å². The van der Waals surface area contributed by atoms with Crippen molar-refractivity contribution in [3.05, 3.63) is 76.4 Å². The third kappa shape index (κ3) is 4.65. The first kappa shape index (κ1) is 26.2. The molecule has 0 bridgehead atoms. The quantitative estimate of drug-likeness (QED) is 0.242. The molecule has 8 nitrogen and oxygen atoms in total. The normalized spacial score (nSPS) is 13.8. The van der Waals surface area contributed by atoms with E-state index in [1.54, 1.807) is 22.7 Å². The lowest BCUT2D eigenvalue weighted by molar-refractivity contribution is -0.142. The summed E-state index contributed by atoms with van der Waals surface area (Å²) in [4.78, 5) is 37.5. The lowest BCUT2D eigenvalue weighted by Crippen LogP contribution is -2.42. The van der Waals surface area contributed by atoms with E-state index in [0.717, 1.165) is 48.9 Å². The lowest BCUT2D eigenvalue weighted by atomic mass is 9.93. The molecule has 0 saturated heterocycles. The van der Waals surface area contributed by atoms with Crippen LogP contribution < -0.4 is 4.90 Å². The molecule has 0 radical (unpaired) electrons. The molecule has 0 unspecified atom stereocenters. The summed E-state index contributed by atoms with van der Waals surface area (Å²) in [6.07, 6.45) is 1.92. The smallest absolute Gasteiger partial charge is 0.310 e. The van der Waals surface area contributed by atoms with Crippen molar-refractivity contribution in [1.82, 2.24) is 14.8 Å². The van der Waals surface area contributed by atoms with Crippen LogP contribution in [0.15, 0.2) is 59.7 Å². The van der Waals surface area contributed by atoms with E-state index in [2.05, 4.69) is 10.1 Å². The molecule has 0 N–H and O–H groups in total. The summed E-state index contributed by atoms with van der Waals surface area (Å²) >= 11 is 7.63. The number of esters is 1. The number of fused-ring (bicyclic) bond motifs is 2. The zero-order valence-corrected chi connectivity index (χ0v) is 23.8. The number of thiazole rings is 1. The molecule has 3 heterocycles. The summed E-state index contributed by atoms with van der Waals surface area (Å²) in [7, 11) is 1.89. The highest BCUT2D eigenvalue weighted by Crippen LogP contribution is 2.41. The Morgan fingerprint density at radius 2 is 1.90 bits per heavy atom. The average molecular weight is 572 g/mol. The number of anilines is 1. The summed E-state index contributed by atoms with van der Waals surface area (Å²) in [6.45, 7) is 4.99. The Balaban J connectivity index is 1.43. The van der Waals surface area contributed by atoms with Crippen molar-refractivity contribution in [3.8, 4) is 11.1 Å². The highest BCUT2D eigenvalue weighted by molar-refractivity contribution is 7.23. The number of halogens is 1. The molecule has 3 aromatic carbocycles. The van der Waals surface area contributed by atoms with Crippen molar-refractivity contribution >= 4 is 66.8 Å². The minimum absolute atomic E-state index is 0.136. The van der Waals surface area contributed by atoms with E-state index >= 15 is 0 Å². The van der Waals surface area contributed by atoms with Gasteiger partial charge in [-0.3, -0.25) is 24.2 Å². The molecule has 2 aromatic heterocycles. The molecule has 0 saturated carbocycles. The van der Waals surface area contributed by atoms with Crippen LogP contribution in [0.3, 0.4) is 0 Å². The fourth-order valence-corrected chi connectivity index (χ4v) is 6.40. The number of carbonyl (C=O) groups excluding carboxylic acids is 2. The van der Waals surface area contributed by atoms with Crippen LogP contribution in [0, 0.1) is 6.92 Å². The molecule has 0 aliphatic carbocycles. The van der Waals surface area contributed by atoms with Crippen LogP contribution in [0.4, 0.5) is 5.13 Å². The fourth-order valence-electron chi connectivity index (χ4n) is 5.11. The number of hydrogen-bond donors (Lipinski definition) is 0. The van der Waals surface area contributed by atoms with Gasteiger partial charge < -0.3 is 4.74 Å². The zero-order valence-electron chi connectivity index (χ0n) is 22.3. The summed E-state index contributed by atoms with van der Waals surface area (Å²) < 4.78 is 7.97. The maximum atomic E-state index is 13.8. The number of rotatable bonds is 6.